The quantitative estimate of drug-likeness (QED) is 0.767. The van der Waals surface area contributed by atoms with Crippen LogP contribution in [0.25, 0.3) is 16.8 Å². The highest BCUT2D eigenvalue weighted by Gasteiger charge is 2.18. The van der Waals surface area contributed by atoms with E-state index in [2.05, 4.69) is 15.6 Å². The van der Waals surface area contributed by atoms with Crippen molar-refractivity contribution in [3.63, 3.8) is 0 Å². The summed E-state index contributed by atoms with van der Waals surface area (Å²) in [4.78, 5) is 4.09. The van der Waals surface area contributed by atoms with E-state index >= 15 is 0 Å². The third-order valence-corrected chi connectivity index (χ3v) is 4.43. The van der Waals surface area contributed by atoms with Gasteiger partial charge in [0.15, 0.2) is 5.82 Å². The van der Waals surface area contributed by atoms with Crippen molar-refractivity contribution in [2.75, 3.05) is 18.4 Å². The molecule has 2 aromatic heterocycles. The summed E-state index contributed by atoms with van der Waals surface area (Å²) >= 11 is 0. The first kappa shape index (κ1) is 15.8. The molecule has 0 saturated carbocycles. The van der Waals surface area contributed by atoms with Crippen LogP contribution in [0.15, 0.2) is 55.0 Å². The van der Waals surface area contributed by atoms with Crippen LogP contribution in [0.1, 0.15) is 12.8 Å². The maximum atomic E-state index is 13.2. The number of benzene rings is 1. The van der Waals surface area contributed by atoms with Crippen LogP contribution < -0.4 is 10.6 Å². The average molecular weight is 337 g/mol. The molecule has 1 aliphatic heterocycles. The highest BCUT2D eigenvalue weighted by molar-refractivity contribution is 5.75. The Hall–Kier alpha value is -2.73. The zero-order valence-electron chi connectivity index (χ0n) is 13.8. The van der Waals surface area contributed by atoms with Gasteiger partial charge in [0, 0.05) is 36.7 Å². The summed E-state index contributed by atoms with van der Waals surface area (Å²) in [5, 5.41) is 11.7. The molecule has 4 rings (SSSR count). The molecular weight excluding hydrogens is 317 g/mol. The molecule has 3 aromatic rings. The standard InChI is InChI=1S/C19H20FN5/c20-15-3-5-17(6-4-15)25-13-18(14-7-10-21-11-8-14)19(24-25)23-16-2-1-9-22-12-16/h3-8,10-11,13,16,22H,1-2,9,12H2,(H,23,24)/t16-/m0/s1. The Morgan fingerprint density at radius 2 is 1.92 bits per heavy atom. The lowest BCUT2D eigenvalue weighted by atomic mass is 10.1. The van der Waals surface area contributed by atoms with E-state index in [1.54, 1.807) is 29.2 Å². The Kier molecular flexibility index (Phi) is 4.43. The monoisotopic (exact) mass is 337 g/mol. The Labute approximate surface area is 145 Å². The summed E-state index contributed by atoms with van der Waals surface area (Å²) in [6.45, 7) is 2.00. The van der Waals surface area contributed by atoms with Crippen LogP contribution in [0, 0.1) is 5.82 Å². The number of rotatable bonds is 4. The van der Waals surface area contributed by atoms with Crippen molar-refractivity contribution < 1.29 is 4.39 Å². The van der Waals surface area contributed by atoms with Gasteiger partial charge in [0.25, 0.3) is 0 Å². The number of nitrogens with zero attached hydrogens (tertiary/aromatic N) is 3. The van der Waals surface area contributed by atoms with E-state index in [0.717, 1.165) is 48.6 Å². The summed E-state index contributed by atoms with van der Waals surface area (Å²) < 4.78 is 15.0. The zero-order valence-corrected chi connectivity index (χ0v) is 13.8. The van der Waals surface area contributed by atoms with E-state index in [0.29, 0.717) is 6.04 Å². The van der Waals surface area contributed by atoms with Crippen LogP contribution in [-0.4, -0.2) is 33.9 Å². The molecule has 1 saturated heterocycles. The number of halogens is 1. The number of aromatic nitrogens is 3. The zero-order chi connectivity index (χ0) is 17.1. The molecule has 0 unspecified atom stereocenters. The normalized spacial score (nSPS) is 17.4. The third-order valence-electron chi connectivity index (χ3n) is 4.43. The molecule has 0 bridgehead atoms. The van der Waals surface area contributed by atoms with Gasteiger partial charge in [-0.1, -0.05) is 0 Å². The lowest BCUT2D eigenvalue weighted by Crippen LogP contribution is -2.38. The summed E-state index contributed by atoms with van der Waals surface area (Å²) in [5.41, 5.74) is 2.89. The number of nitrogens with one attached hydrogen (secondary N) is 2. The van der Waals surface area contributed by atoms with Crippen LogP contribution in [0.3, 0.4) is 0 Å². The van der Waals surface area contributed by atoms with Crippen molar-refractivity contribution in [2.24, 2.45) is 0 Å². The minimum atomic E-state index is -0.253. The van der Waals surface area contributed by atoms with Crippen molar-refractivity contribution >= 4 is 5.82 Å². The first-order chi connectivity index (χ1) is 12.3. The fraction of sp³-hybridized carbons (Fsp3) is 0.263. The third kappa shape index (κ3) is 3.53. The van der Waals surface area contributed by atoms with E-state index in [1.807, 2.05) is 18.3 Å². The second-order valence-electron chi connectivity index (χ2n) is 6.24. The second-order valence-corrected chi connectivity index (χ2v) is 6.24. The fourth-order valence-corrected chi connectivity index (χ4v) is 3.12. The smallest absolute Gasteiger partial charge is 0.156 e. The van der Waals surface area contributed by atoms with Gasteiger partial charge in [-0.05, 0) is 61.3 Å². The van der Waals surface area contributed by atoms with Crippen molar-refractivity contribution in [1.82, 2.24) is 20.1 Å². The molecular formula is C19H20FN5. The first-order valence-electron chi connectivity index (χ1n) is 8.53. The van der Waals surface area contributed by atoms with Crippen molar-refractivity contribution in [3.05, 3.63) is 60.8 Å². The summed E-state index contributed by atoms with van der Waals surface area (Å²) in [5.74, 6) is 0.584. The van der Waals surface area contributed by atoms with E-state index in [9.17, 15) is 4.39 Å². The van der Waals surface area contributed by atoms with Crippen LogP contribution in [0.2, 0.25) is 0 Å². The minimum absolute atomic E-state index is 0.253. The van der Waals surface area contributed by atoms with Gasteiger partial charge >= 0.3 is 0 Å². The molecule has 0 aliphatic carbocycles. The van der Waals surface area contributed by atoms with Gasteiger partial charge in [0.1, 0.15) is 5.82 Å². The van der Waals surface area contributed by atoms with Crippen molar-refractivity contribution in [1.29, 1.82) is 0 Å². The van der Waals surface area contributed by atoms with Gasteiger partial charge in [0.05, 0.1) is 5.69 Å². The number of pyridine rings is 1. The minimum Gasteiger partial charge on any atom is -0.364 e. The Morgan fingerprint density at radius 1 is 1.12 bits per heavy atom. The second kappa shape index (κ2) is 7.03. The maximum Gasteiger partial charge on any atom is 0.156 e. The molecule has 1 aromatic carbocycles. The van der Waals surface area contributed by atoms with Gasteiger partial charge in [-0.2, -0.15) is 0 Å². The Bertz CT molecular complexity index is 823. The topological polar surface area (TPSA) is 54.8 Å². The van der Waals surface area contributed by atoms with Gasteiger partial charge < -0.3 is 10.6 Å². The molecule has 3 heterocycles. The molecule has 6 heteroatoms. The molecule has 1 aliphatic rings. The largest absolute Gasteiger partial charge is 0.364 e. The lowest BCUT2D eigenvalue weighted by Gasteiger charge is -2.24. The Balaban J connectivity index is 1.70. The number of hydrogen-bond donors (Lipinski definition) is 2. The lowest BCUT2D eigenvalue weighted by molar-refractivity contribution is 0.479. The Morgan fingerprint density at radius 3 is 2.64 bits per heavy atom. The fourth-order valence-electron chi connectivity index (χ4n) is 3.12. The van der Waals surface area contributed by atoms with Crippen LogP contribution >= 0.6 is 0 Å². The molecule has 1 fully saturated rings. The van der Waals surface area contributed by atoms with E-state index in [4.69, 9.17) is 5.10 Å². The molecule has 5 nitrogen and oxygen atoms in total. The first-order valence-corrected chi connectivity index (χ1v) is 8.53. The highest BCUT2D eigenvalue weighted by Crippen LogP contribution is 2.29. The molecule has 0 radical (unpaired) electrons. The number of piperidine rings is 1. The average Bonchev–Trinajstić information content (AvgIpc) is 3.08. The van der Waals surface area contributed by atoms with Gasteiger partial charge in [-0.3, -0.25) is 4.98 Å². The van der Waals surface area contributed by atoms with Crippen LogP contribution in [0.4, 0.5) is 10.2 Å². The molecule has 1 atom stereocenters. The summed E-state index contributed by atoms with van der Waals surface area (Å²) in [7, 11) is 0. The predicted octanol–water partition coefficient (Wildman–Crippen LogP) is 3.24. The van der Waals surface area contributed by atoms with Crippen molar-refractivity contribution in [2.45, 2.75) is 18.9 Å². The molecule has 25 heavy (non-hydrogen) atoms. The van der Waals surface area contributed by atoms with E-state index in [-0.39, 0.29) is 5.82 Å². The van der Waals surface area contributed by atoms with Gasteiger partial charge in [-0.15, -0.1) is 5.10 Å². The molecule has 0 spiro atoms. The van der Waals surface area contributed by atoms with Gasteiger partial charge in [0.2, 0.25) is 0 Å². The molecule has 2 N–H and O–H groups in total. The van der Waals surface area contributed by atoms with Gasteiger partial charge in [-0.25, -0.2) is 9.07 Å². The molecule has 0 amide bonds. The number of anilines is 1. The highest BCUT2D eigenvalue weighted by atomic mass is 19.1. The SMILES string of the molecule is Fc1ccc(-n2cc(-c3ccncc3)c(N[C@H]3CCCNC3)n2)cc1. The maximum absolute atomic E-state index is 13.2. The summed E-state index contributed by atoms with van der Waals surface area (Å²) in [6, 6.07) is 10.6. The summed E-state index contributed by atoms with van der Waals surface area (Å²) in [6.07, 6.45) is 7.79. The molecule has 128 valence electrons. The van der Waals surface area contributed by atoms with Crippen molar-refractivity contribution in [3.8, 4) is 16.8 Å². The van der Waals surface area contributed by atoms with Crippen LogP contribution in [0.5, 0.6) is 0 Å². The van der Waals surface area contributed by atoms with E-state index in [1.165, 1.54) is 12.1 Å². The van der Waals surface area contributed by atoms with Crippen LogP contribution in [-0.2, 0) is 0 Å². The van der Waals surface area contributed by atoms with E-state index < -0.39 is 0 Å². The predicted molar refractivity (Wildman–Crippen MR) is 96.3 cm³/mol. The number of hydrogen-bond acceptors (Lipinski definition) is 4.